The van der Waals surface area contributed by atoms with Gasteiger partial charge in [-0.15, -0.1) is 11.3 Å². The van der Waals surface area contributed by atoms with E-state index in [4.69, 9.17) is 4.52 Å². The fraction of sp³-hybridized carbons (Fsp3) is 0.476. The highest BCUT2D eigenvalue weighted by molar-refractivity contribution is 7.15. The van der Waals surface area contributed by atoms with Crippen LogP contribution in [0.25, 0.3) is 11.5 Å². The van der Waals surface area contributed by atoms with Gasteiger partial charge in [0.05, 0.1) is 5.69 Å². The molecule has 0 saturated heterocycles. The van der Waals surface area contributed by atoms with E-state index in [1.807, 2.05) is 18.2 Å². The Kier molecular flexibility index (Phi) is 5.45. The van der Waals surface area contributed by atoms with Gasteiger partial charge in [-0.05, 0) is 42.7 Å². The summed E-state index contributed by atoms with van der Waals surface area (Å²) in [4.78, 5) is 26.8. The average molecular weight is 412 g/mol. The summed E-state index contributed by atoms with van der Waals surface area (Å²) in [6.07, 6.45) is 5.51. The maximum absolute atomic E-state index is 12.4. The van der Waals surface area contributed by atoms with Crippen molar-refractivity contribution < 1.29 is 9.32 Å². The average Bonchev–Trinajstić information content (AvgIpc) is 3.32. The number of pyridine rings is 1. The normalized spacial score (nSPS) is 16.4. The van der Waals surface area contributed by atoms with Gasteiger partial charge in [-0.2, -0.15) is 4.98 Å². The van der Waals surface area contributed by atoms with Crippen molar-refractivity contribution in [3.63, 3.8) is 0 Å². The van der Waals surface area contributed by atoms with Crippen LogP contribution in [0.3, 0.4) is 0 Å². The topological polar surface area (TPSA) is 93.8 Å². The van der Waals surface area contributed by atoms with Crippen molar-refractivity contribution in [2.75, 3.05) is 5.32 Å². The third-order valence-corrected chi connectivity index (χ3v) is 6.37. The summed E-state index contributed by atoms with van der Waals surface area (Å²) >= 11 is 1.60. The lowest BCUT2D eigenvalue weighted by Crippen LogP contribution is -2.26. The van der Waals surface area contributed by atoms with Gasteiger partial charge in [0, 0.05) is 23.9 Å². The molecule has 1 atom stereocenters. The SMILES string of the molecule is CC(C)(C)[C@@H]1CCc2nc(NC(=O)CCc3nc(-c4ccccn4)no3)sc2C1. The number of nitrogens with one attached hydrogen (secondary N) is 1. The summed E-state index contributed by atoms with van der Waals surface area (Å²) in [5.74, 6) is 1.42. The number of thiazole rings is 1. The lowest BCUT2D eigenvalue weighted by Gasteiger charge is -2.33. The summed E-state index contributed by atoms with van der Waals surface area (Å²) in [6.45, 7) is 6.88. The minimum Gasteiger partial charge on any atom is -0.339 e. The number of aryl methyl sites for hydroxylation is 2. The number of fused-ring (bicyclic) bond motifs is 1. The van der Waals surface area contributed by atoms with Crippen molar-refractivity contribution in [2.45, 2.75) is 52.9 Å². The van der Waals surface area contributed by atoms with Gasteiger partial charge in [0.15, 0.2) is 5.13 Å². The quantitative estimate of drug-likeness (QED) is 0.672. The van der Waals surface area contributed by atoms with Crippen LogP contribution in [-0.4, -0.2) is 26.0 Å². The van der Waals surface area contributed by atoms with E-state index in [2.05, 4.69) is 46.2 Å². The molecule has 0 bridgehead atoms. The van der Waals surface area contributed by atoms with E-state index >= 15 is 0 Å². The van der Waals surface area contributed by atoms with E-state index in [-0.39, 0.29) is 12.3 Å². The van der Waals surface area contributed by atoms with Crippen LogP contribution in [0, 0.1) is 11.3 Å². The predicted octanol–water partition coefficient (Wildman–Crippen LogP) is 4.31. The molecule has 8 heteroatoms. The van der Waals surface area contributed by atoms with Crippen molar-refractivity contribution in [1.29, 1.82) is 0 Å². The summed E-state index contributed by atoms with van der Waals surface area (Å²) in [5.41, 5.74) is 2.08. The Morgan fingerprint density at radius 2 is 2.17 bits per heavy atom. The molecular weight excluding hydrogens is 386 g/mol. The molecular formula is C21H25N5O2S. The number of anilines is 1. The largest absolute Gasteiger partial charge is 0.339 e. The Hall–Kier alpha value is -2.61. The molecule has 0 spiro atoms. The maximum atomic E-state index is 12.4. The molecule has 3 aromatic rings. The highest BCUT2D eigenvalue weighted by Gasteiger charge is 2.30. The van der Waals surface area contributed by atoms with Crippen LogP contribution in [0.1, 0.15) is 50.1 Å². The fourth-order valence-electron chi connectivity index (χ4n) is 3.53. The number of carbonyl (C=O) groups is 1. The van der Waals surface area contributed by atoms with Crippen molar-refractivity contribution in [3.05, 3.63) is 40.9 Å². The van der Waals surface area contributed by atoms with Gasteiger partial charge in [0.1, 0.15) is 5.69 Å². The van der Waals surface area contributed by atoms with Gasteiger partial charge in [-0.1, -0.05) is 32.0 Å². The third kappa shape index (κ3) is 4.70. The van der Waals surface area contributed by atoms with Crippen molar-refractivity contribution >= 4 is 22.4 Å². The number of hydrogen-bond donors (Lipinski definition) is 1. The smallest absolute Gasteiger partial charge is 0.227 e. The molecule has 4 rings (SSSR count). The van der Waals surface area contributed by atoms with E-state index in [9.17, 15) is 4.79 Å². The zero-order valence-electron chi connectivity index (χ0n) is 16.9. The zero-order valence-corrected chi connectivity index (χ0v) is 17.8. The number of aromatic nitrogens is 4. The van der Waals surface area contributed by atoms with Crippen LogP contribution in [0.2, 0.25) is 0 Å². The van der Waals surface area contributed by atoms with E-state index in [1.165, 1.54) is 4.88 Å². The maximum Gasteiger partial charge on any atom is 0.227 e. The minimum absolute atomic E-state index is 0.0962. The van der Waals surface area contributed by atoms with Crippen LogP contribution in [0.5, 0.6) is 0 Å². The van der Waals surface area contributed by atoms with Gasteiger partial charge >= 0.3 is 0 Å². The molecule has 1 aliphatic rings. The van der Waals surface area contributed by atoms with Crippen molar-refractivity contribution in [3.8, 4) is 11.5 Å². The number of rotatable bonds is 5. The first-order chi connectivity index (χ1) is 13.9. The second-order valence-electron chi connectivity index (χ2n) is 8.47. The number of carbonyl (C=O) groups excluding carboxylic acids is 1. The molecule has 0 unspecified atom stereocenters. The summed E-state index contributed by atoms with van der Waals surface area (Å²) in [6, 6.07) is 5.51. The van der Waals surface area contributed by atoms with Gasteiger partial charge < -0.3 is 9.84 Å². The van der Waals surface area contributed by atoms with Crippen molar-refractivity contribution in [2.24, 2.45) is 11.3 Å². The molecule has 0 aliphatic heterocycles. The Bertz CT molecular complexity index is 990. The monoisotopic (exact) mass is 411 g/mol. The molecule has 0 aromatic carbocycles. The Morgan fingerprint density at radius 1 is 1.31 bits per heavy atom. The van der Waals surface area contributed by atoms with Gasteiger partial charge in [-0.3, -0.25) is 9.78 Å². The summed E-state index contributed by atoms with van der Waals surface area (Å²) in [5, 5.41) is 7.55. The first-order valence-electron chi connectivity index (χ1n) is 9.91. The molecule has 0 radical (unpaired) electrons. The second kappa shape index (κ2) is 8.02. The van der Waals surface area contributed by atoms with Crippen LogP contribution in [-0.2, 0) is 24.1 Å². The lowest BCUT2D eigenvalue weighted by atomic mass is 9.73. The fourth-order valence-corrected chi connectivity index (χ4v) is 4.63. The first-order valence-corrected chi connectivity index (χ1v) is 10.7. The molecule has 29 heavy (non-hydrogen) atoms. The predicted molar refractivity (Wildman–Crippen MR) is 112 cm³/mol. The Balaban J connectivity index is 1.32. The van der Waals surface area contributed by atoms with Crippen LogP contribution in [0.15, 0.2) is 28.9 Å². The van der Waals surface area contributed by atoms with Gasteiger partial charge in [-0.25, -0.2) is 4.98 Å². The van der Waals surface area contributed by atoms with Gasteiger partial charge in [0.25, 0.3) is 0 Å². The zero-order chi connectivity index (χ0) is 20.4. The molecule has 152 valence electrons. The minimum atomic E-state index is -0.0962. The Labute approximate surface area is 174 Å². The second-order valence-corrected chi connectivity index (χ2v) is 9.55. The standard InChI is InChI=1S/C21H25N5O2S/c1-21(2,3)13-7-8-14-16(12-13)29-20(23-14)24-17(27)9-10-18-25-19(26-28-18)15-6-4-5-11-22-15/h4-6,11,13H,7-10,12H2,1-3H3,(H,23,24,27)/t13-/m1/s1. The lowest BCUT2D eigenvalue weighted by molar-refractivity contribution is -0.116. The van der Waals surface area contributed by atoms with Crippen LogP contribution >= 0.6 is 11.3 Å². The molecule has 1 aliphatic carbocycles. The van der Waals surface area contributed by atoms with E-state index in [0.29, 0.717) is 40.3 Å². The first kappa shape index (κ1) is 19.7. The molecule has 3 heterocycles. The van der Waals surface area contributed by atoms with E-state index in [0.717, 1.165) is 25.0 Å². The van der Waals surface area contributed by atoms with Crippen LogP contribution < -0.4 is 5.32 Å². The van der Waals surface area contributed by atoms with Gasteiger partial charge in [0.2, 0.25) is 17.6 Å². The molecule has 3 aromatic heterocycles. The number of amides is 1. The summed E-state index contributed by atoms with van der Waals surface area (Å²) in [7, 11) is 0. The van der Waals surface area contributed by atoms with E-state index in [1.54, 1.807) is 17.5 Å². The molecule has 0 fully saturated rings. The van der Waals surface area contributed by atoms with Crippen molar-refractivity contribution in [1.82, 2.24) is 20.1 Å². The molecule has 7 nitrogen and oxygen atoms in total. The highest BCUT2D eigenvalue weighted by atomic mass is 32.1. The van der Waals surface area contributed by atoms with E-state index < -0.39 is 0 Å². The highest BCUT2D eigenvalue weighted by Crippen LogP contribution is 2.40. The number of hydrogen-bond acceptors (Lipinski definition) is 7. The third-order valence-electron chi connectivity index (χ3n) is 5.34. The molecule has 1 amide bonds. The summed E-state index contributed by atoms with van der Waals surface area (Å²) < 4.78 is 5.24. The Morgan fingerprint density at radius 3 is 2.93 bits per heavy atom. The molecule has 1 N–H and O–H groups in total. The number of nitrogens with zero attached hydrogens (tertiary/aromatic N) is 4. The van der Waals surface area contributed by atoms with Crippen LogP contribution in [0.4, 0.5) is 5.13 Å². The molecule has 0 saturated carbocycles.